The lowest BCUT2D eigenvalue weighted by atomic mass is 9.95. The molecule has 6 nitrogen and oxygen atoms in total. The fourth-order valence-corrected chi connectivity index (χ4v) is 4.42. The van der Waals surface area contributed by atoms with E-state index in [-0.39, 0.29) is 39.3 Å². The van der Waals surface area contributed by atoms with E-state index >= 15 is 4.39 Å². The van der Waals surface area contributed by atoms with Crippen LogP contribution in [0.5, 0.6) is 11.5 Å². The van der Waals surface area contributed by atoms with Crippen LogP contribution in [0.25, 0.3) is 11.1 Å². The average Bonchev–Trinajstić information content (AvgIpc) is 2.94. The van der Waals surface area contributed by atoms with Gasteiger partial charge in [0.05, 0.1) is 11.1 Å². The van der Waals surface area contributed by atoms with E-state index in [1.54, 1.807) is 19.1 Å². The number of rotatable bonds is 2. The number of phenols is 1. The van der Waals surface area contributed by atoms with E-state index in [0.717, 1.165) is 25.2 Å². The van der Waals surface area contributed by atoms with Crippen LogP contribution >= 0.6 is 11.6 Å². The molecule has 0 bridgehead atoms. The molecule has 2 aliphatic heterocycles. The molecule has 1 fully saturated rings. The Kier molecular flexibility index (Phi) is 8.65. The smallest absolute Gasteiger partial charge is 0.293 e. The molecule has 2 heterocycles. The Labute approximate surface area is 211 Å². The lowest BCUT2D eigenvalue weighted by Gasteiger charge is -2.38. The lowest BCUT2D eigenvalue weighted by Crippen LogP contribution is -2.52. The van der Waals surface area contributed by atoms with Crippen LogP contribution in [0, 0.1) is 17.7 Å². The lowest BCUT2D eigenvalue weighted by molar-refractivity contribution is -0.138. The summed E-state index contributed by atoms with van der Waals surface area (Å²) in [5.74, 6) is 5.44. The largest absolute Gasteiger partial charge is 0.507 e. The number of hydrogen-bond acceptors (Lipinski definition) is 6. The number of likely N-dealkylation sites (N-methyl/N-ethyl adjacent to an activating group) is 1. The second-order valence-corrected chi connectivity index (χ2v) is 10.0. The Balaban J connectivity index is 0.000000429. The van der Waals surface area contributed by atoms with Crippen LogP contribution in [-0.4, -0.2) is 66.3 Å². The van der Waals surface area contributed by atoms with Crippen LogP contribution in [0.4, 0.5) is 4.39 Å². The molecule has 0 spiro atoms. The zero-order valence-electron chi connectivity index (χ0n) is 20.8. The third kappa shape index (κ3) is 6.46. The molecule has 2 aliphatic rings. The minimum atomic E-state index is -0.521. The van der Waals surface area contributed by atoms with E-state index in [0.29, 0.717) is 25.2 Å². The first kappa shape index (κ1) is 26.8. The number of ether oxygens (including phenoxy) is 2. The number of aromatic hydroxyl groups is 1. The number of carbonyl (C=O) groups is 1. The van der Waals surface area contributed by atoms with Crippen molar-refractivity contribution in [3.63, 3.8) is 0 Å². The minimum absolute atomic E-state index is 0.0850. The molecule has 0 radical (unpaired) electrons. The van der Waals surface area contributed by atoms with Gasteiger partial charge in [0.2, 0.25) is 0 Å². The predicted octanol–water partition coefficient (Wildman–Crippen LogP) is 4.69. The molecule has 0 amide bonds. The van der Waals surface area contributed by atoms with Gasteiger partial charge in [-0.25, -0.2) is 4.39 Å². The molecule has 4 rings (SSSR count). The number of nitrogens with zero attached hydrogens (tertiary/aromatic N) is 2. The van der Waals surface area contributed by atoms with Crippen molar-refractivity contribution in [2.45, 2.75) is 45.9 Å². The molecule has 1 N–H and O–H groups in total. The third-order valence-corrected chi connectivity index (χ3v) is 6.12. The predicted molar refractivity (Wildman–Crippen MR) is 135 cm³/mol. The van der Waals surface area contributed by atoms with Crippen molar-refractivity contribution < 1.29 is 23.8 Å². The van der Waals surface area contributed by atoms with Crippen molar-refractivity contribution in [1.82, 2.24) is 9.80 Å². The molecule has 1 saturated heterocycles. The molecule has 8 heteroatoms. The van der Waals surface area contributed by atoms with Gasteiger partial charge in [-0.15, -0.1) is 5.92 Å². The number of phenolic OH excluding ortho intramolecular Hbond substituents is 1. The first-order valence-corrected chi connectivity index (χ1v) is 11.9. The quantitative estimate of drug-likeness (QED) is 0.475. The molecule has 2 aromatic carbocycles. The van der Waals surface area contributed by atoms with Crippen LogP contribution in [0.2, 0.25) is 5.02 Å². The van der Waals surface area contributed by atoms with Gasteiger partial charge < -0.3 is 19.5 Å². The first-order chi connectivity index (χ1) is 16.6. The number of hydrogen-bond donors (Lipinski definition) is 1. The SMILES string of the molecule is CC#Cc1cc2c(c(F)c1-c1c(O)cccc1Cl)OCC1CN(C)CCN1C2.CC(C)(C)OC=O. The minimum Gasteiger partial charge on any atom is -0.507 e. The second kappa shape index (κ2) is 11.3. The Morgan fingerprint density at radius 3 is 2.63 bits per heavy atom. The second-order valence-electron chi connectivity index (χ2n) is 9.63. The molecule has 1 unspecified atom stereocenters. The summed E-state index contributed by atoms with van der Waals surface area (Å²) in [6.07, 6.45) is 0. The van der Waals surface area contributed by atoms with E-state index in [2.05, 4.69) is 33.4 Å². The van der Waals surface area contributed by atoms with Gasteiger partial charge in [-0.05, 0) is 52.9 Å². The first-order valence-electron chi connectivity index (χ1n) is 11.5. The third-order valence-electron chi connectivity index (χ3n) is 5.80. The highest BCUT2D eigenvalue weighted by Gasteiger charge is 2.32. The summed E-state index contributed by atoms with van der Waals surface area (Å²) in [6, 6.07) is 6.82. The summed E-state index contributed by atoms with van der Waals surface area (Å²) in [4.78, 5) is 14.2. The summed E-state index contributed by atoms with van der Waals surface area (Å²) in [6.45, 7) is 11.4. The fraction of sp³-hybridized carbons (Fsp3) is 0.444. The van der Waals surface area contributed by atoms with Crippen LogP contribution in [-0.2, 0) is 16.1 Å². The van der Waals surface area contributed by atoms with Crippen LogP contribution < -0.4 is 4.74 Å². The molecule has 2 aromatic rings. The van der Waals surface area contributed by atoms with Crippen molar-refractivity contribution in [3.8, 4) is 34.5 Å². The van der Waals surface area contributed by atoms with Crippen LogP contribution in [0.15, 0.2) is 24.3 Å². The topological polar surface area (TPSA) is 62.2 Å². The highest BCUT2D eigenvalue weighted by molar-refractivity contribution is 6.33. The Hall–Kier alpha value is -2.79. The van der Waals surface area contributed by atoms with Gasteiger partial charge in [0.25, 0.3) is 6.47 Å². The van der Waals surface area contributed by atoms with Gasteiger partial charge in [-0.2, -0.15) is 0 Å². The van der Waals surface area contributed by atoms with Gasteiger partial charge >= 0.3 is 0 Å². The van der Waals surface area contributed by atoms with Crippen molar-refractivity contribution in [2.24, 2.45) is 0 Å². The maximum Gasteiger partial charge on any atom is 0.293 e. The Bertz CT molecular complexity index is 1120. The number of fused-ring (bicyclic) bond motifs is 2. The van der Waals surface area contributed by atoms with Gasteiger partial charge in [-0.1, -0.05) is 23.6 Å². The summed E-state index contributed by atoms with van der Waals surface area (Å²) >= 11 is 6.31. The molecule has 35 heavy (non-hydrogen) atoms. The van der Waals surface area contributed by atoms with Crippen LogP contribution in [0.1, 0.15) is 38.8 Å². The standard InChI is InChI=1S/C22H22ClFN2O2.C5H10O2/c1-3-5-14-10-15-11-26-9-8-25(2)12-16(26)13-28-22(15)21(24)19(14)20-17(23)6-4-7-18(20)27;1-5(2,3)7-4-6/h4,6-7,10,16,27H,8-9,11-13H2,1-2H3;4H,1-3H3. The van der Waals surface area contributed by atoms with Gasteiger partial charge in [0, 0.05) is 48.4 Å². The van der Waals surface area contributed by atoms with Crippen LogP contribution in [0.3, 0.4) is 0 Å². The molecule has 1 atom stereocenters. The van der Waals surface area contributed by atoms with E-state index in [4.69, 9.17) is 16.3 Å². The summed E-state index contributed by atoms with van der Waals surface area (Å²) < 4.78 is 26.2. The zero-order valence-corrected chi connectivity index (χ0v) is 21.6. The molecular weight excluding hydrogens is 471 g/mol. The molecule has 0 aromatic heterocycles. The Morgan fingerprint density at radius 1 is 1.29 bits per heavy atom. The number of piperazine rings is 1. The Morgan fingerprint density at radius 2 is 2.03 bits per heavy atom. The van der Waals surface area contributed by atoms with Crippen molar-refractivity contribution in [1.29, 1.82) is 0 Å². The van der Waals surface area contributed by atoms with E-state index < -0.39 is 5.82 Å². The number of halogens is 2. The van der Waals surface area contributed by atoms with Gasteiger partial charge in [0.15, 0.2) is 11.6 Å². The monoisotopic (exact) mass is 502 g/mol. The number of carbonyl (C=O) groups excluding carboxylic acids is 1. The maximum atomic E-state index is 15.7. The zero-order chi connectivity index (χ0) is 25.8. The summed E-state index contributed by atoms with van der Waals surface area (Å²) in [5.41, 5.74) is 1.39. The highest BCUT2D eigenvalue weighted by atomic mass is 35.5. The fourth-order valence-electron chi connectivity index (χ4n) is 4.15. The van der Waals surface area contributed by atoms with Gasteiger partial charge in [0.1, 0.15) is 18.0 Å². The normalized spacial score (nSPS) is 17.9. The van der Waals surface area contributed by atoms with Crippen molar-refractivity contribution in [3.05, 3.63) is 46.2 Å². The molecule has 0 aliphatic carbocycles. The van der Waals surface area contributed by atoms with E-state index in [9.17, 15) is 9.90 Å². The molecule has 0 saturated carbocycles. The van der Waals surface area contributed by atoms with Crippen molar-refractivity contribution >= 4 is 18.1 Å². The summed E-state index contributed by atoms with van der Waals surface area (Å²) in [7, 11) is 2.09. The number of benzene rings is 2. The van der Waals surface area contributed by atoms with E-state index in [1.807, 2.05) is 26.8 Å². The highest BCUT2D eigenvalue weighted by Crippen LogP contribution is 2.43. The maximum absolute atomic E-state index is 15.7. The summed E-state index contributed by atoms with van der Waals surface area (Å²) in [5, 5.41) is 10.6. The molecular formula is C27H32ClFN2O4. The average molecular weight is 503 g/mol. The van der Waals surface area contributed by atoms with Crippen molar-refractivity contribution in [2.75, 3.05) is 33.3 Å². The van der Waals surface area contributed by atoms with Gasteiger partial charge in [-0.3, -0.25) is 9.69 Å². The molecule has 188 valence electrons. The van der Waals surface area contributed by atoms with E-state index in [1.165, 1.54) is 6.07 Å².